The molecule has 0 bridgehead atoms. The Morgan fingerprint density at radius 3 is 2.67 bits per heavy atom. The second kappa shape index (κ2) is 3.38. The highest BCUT2D eigenvalue weighted by atomic mass is 16.2. The summed E-state index contributed by atoms with van der Waals surface area (Å²) < 4.78 is 1.78. The Morgan fingerprint density at radius 1 is 1.58 bits per heavy atom. The van der Waals surface area contributed by atoms with E-state index in [1.807, 2.05) is 6.92 Å². The molecule has 0 spiro atoms. The van der Waals surface area contributed by atoms with Crippen LogP contribution in [0.3, 0.4) is 0 Å². The molecule has 1 heterocycles. The Hall–Kier alpha value is -1.32. The van der Waals surface area contributed by atoms with Crippen LogP contribution in [-0.4, -0.2) is 34.5 Å². The number of aromatic nitrogens is 2. The van der Waals surface area contributed by atoms with E-state index < -0.39 is 0 Å². The molecule has 0 N–H and O–H groups in total. The van der Waals surface area contributed by atoms with Crippen molar-refractivity contribution in [2.45, 2.75) is 13.0 Å². The van der Waals surface area contributed by atoms with Gasteiger partial charge in [-0.05, 0) is 6.92 Å². The Labute approximate surface area is 71.8 Å². The van der Waals surface area contributed by atoms with Crippen LogP contribution in [0.2, 0.25) is 0 Å². The molecule has 66 valence electrons. The van der Waals surface area contributed by atoms with Crippen molar-refractivity contribution >= 4 is 5.91 Å². The molecule has 4 heteroatoms. The first kappa shape index (κ1) is 8.77. The van der Waals surface area contributed by atoms with E-state index in [1.165, 1.54) is 0 Å². The minimum Gasteiger partial charge on any atom is -0.347 e. The Balaban J connectivity index is 2.72. The number of carbonyl (C=O) groups excluding carboxylic acids is 1. The van der Waals surface area contributed by atoms with Gasteiger partial charge in [-0.2, -0.15) is 0 Å². The van der Waals surface area contributed by atoms with Crippen LogP contribution in [0.4, 0.5) is 0 Å². The van der Waals surface area contributed by atoms with Crippen molar-refractivity contribution in [3.05, 3.63) is 18.7 Å². The third kappa shape index (κ3) is 1.64. The molecule has 0 aliphatic carbocycles. The van der Waals surface area contributed by atoms with Gasteiger partial charge in [-0.15, -0.1) is 0 Å². The van der Waals surface area contributed by atoms with Crippen LogP contribution in [0.1, 0.15) is 13.0 Å². The molecule has 0 saturated heterocycles. The smallest absolute Gasteiger partial charge is 0.244 e. The number of imidazole rings is 1. The van der Waals surface area contributed by atoms with E-state index in [2.05, 4.69) is 4.98 Å². The highest BCUT2D eigenvalue weighted by molar-refractivity contribution is 5.79. The second-order valence-corrected chi connectivity index (χ2v) is 2.92. The third-order valence-corrected chi connectivity index (χ3v) is 1.77. The van der Waals surface area contributed by atoms with Crippen LogP contribution in [0.5, 0.6) is 0 Å². The zero-order valence-corrected chi connectivity index (χ0v) is 7.56. The van der Waals surface area contributed by atoms with E-state index in [1.54, 1.807) is 42.3 Å². The quantitative estimate of drug-likeness (QED) is 0.644. The summed E-state index contributed by atoms with van der Waals surface area (Å²) in [5.41, 5.74) is 0. The summed E-state index contributed by atoms with van der Waals surface area (Å²) in [7, 11) is 3.49. The molecule has 1 unspecified atom stereocenters. The Morgan fingerprint density at radius 2 is 2.25 bits per heavy atom. The highest BCUT2D eigenvalue weighted by Gasteiger charge is 2.15. The maximum atomic E-state index is 11.4. The molecule has 1 rings (SSSR count). The summed E-state index contributed by atoms with van der Waals surface area (Å²) in [6.07, 6.45) is 5.09. The molecule has 1 aromatic rings. The first-order valence-electron chi connectivity index (χ1n) is 3.81. The maximum absolute atomic E-state index is 11.4. The molecule has 1 atom stereocenters. The molecule has 1 amide bonds. The summed E-state index contributed by atoms with van der Waals surface area (Å²) in [5, 5.41) is 0. The van der Waals surface area contributed by atoms with Crippen molar-refractivity contribution in [3.8, 4) is 0 Å². The van der Waals surface area contributed by atoms with E-state index >= 15 is 0 Å². The number of amides is 1. The molecule has 0 fully saturated rings. The van der Waals surface area contributed by atoms with Crippen LogP contribution in [0, 0.1) is 0 Å². The lowest BCUT2D eigenvalue weighted by molar-refractivity contribution is -0.131. The lowest BCUT2D eigenvalue weighted by Gasteiger charge is -2.17. The molecule has 0 aromatic carbocycles. The first-order valence-corrected chi connectivity index (χ1v) is 3.81. The fraction of sp³-hybridized carbons (Fsp3) is 0.500. The molecule has 12 heavy (non-hydrogen) atoms. The van der Waals surface area contributed by atoms with Gasteiger partial charge in [-0.3, -0.25) is 4.79 Å². The van der Waals surface area contributed by atoms with Crippen molar-refractivity contribution < 1.29 is 4.79 Å². The van der Waals surface area contributed by atoms with Crippen LogP contribution in [-0.2, 0) is 4.79 Å². The van der Waals surface area contributed by atoms with Gasteiger partial charge in [0.1, 0.15) is 6.04 Å². The molecule has 4 nitrogen and oxygen atoms in total. The topological polar surface area (TPSA) is 38.1 Å². The predicted octanol–water partition coefficient (Wildman–Crippen LogP) is 0.532. The van der Waals surface area contributed by atoms with E-state index in [-0.39, 0.29) is 11.9 Å². The minimum atomic E-state index is -0.164. The zero-order chi connectivity index (χ0) is 9.14. The fourth-order valence-electron chi connectivity index (χ4n) is 1.000. The van der Waals surface area contributed by atoms with Crippen LogP contribution < -0.4 is 0 Å². The number of nitrogens with zero attached hydrogens (tertiary/aromatic N) is 3. The largest absolute Gasteiger partial charge is 0.347 e. The normalized spacial score (nSPS) is 12.6. The van der Waals surface area contributed by atoms with Gasteiger partial charge in [0.2, 0.25) is 5.91 Å². The van der Waals surface area contributed by atoms with Gasteiger partial charge in [0.15, 0.2) is 0 Å². The van der Waals surface area contributed by atoms with E-state index in [4.69, 9.17) is 0 Å². The second-order valence-electron chi connectivity index (χ2n) is 2.92. The number of hydrogen-bond acceptors (Lipinski definition) is 2. The van der Waals surface area contributed by atoms with Crippen LogP contribution in [0.15, 0.2) is 18.7 Å². The Bertz CT molecular complexity index is 253. The molecule has 0 aliphatic rings. The SMILES string of the molecule is CC(C(=O)N(C)C)n1ccnc1. The van der Waals surface area contributed by atoms with Gasteiger partial charge in [0.05, 0.1) is 6.33 Å². The van der Waals surface area contributed by atoms with E-state index in [0.717, 1.165) is 0 Å². The summed E-state index contributed by atoms with van der Waals surface area (Å²) in [6.45, 7) is 1.85. The van der Waals surface area contributed by atoms with Crippen LogP contribution in [0.25, 0.3) is 0 Å². The number of hydrogen-bond donors (Lipinski definition) is 0. The first-order chi connectivity index (χ1) is 5.63. The monoisotopic (exact) mass is 167 g/mol. The third-order valence-electron chi connectivity index (χ3n) is 1.77. The van der Waals surface area contributed by atoms with Crippen LogP contribution >= 0.6 is 0 Å². The number of likely N-dealkylation sites (N-methyl/N-ethyl adjacent to an activating group) is 1. The van der Waals surface area contributed by atoms with Crippen molar-refractivity contribution in [3.63, 3.8) is 0 Å². The predicted molar refractivity (Wildman–Crippen MR) is 45.6 cm³/mol. The number of carbonyl (C=O) groups is 1. The zero-order valence-electron chi connectivity index (χ0n) is 7.56. The van der Waals surface area contributed by atoms with Crippen molar-refractivity contribution in [2.75, 3.05) is 14.1 Å². The van der Waals surface area contributed by atoms with Gasteiger partial charge in [0.25, 0.3) is 0 Å². The van der Waals surface area contributed by atoms with Gasteiger partial charge < -0.3 is 9.47 Å². The fourth-order valence-corrected chi connectivity index (χ4v) is 1.000. The van der Waals surface area contributed by atoms with Gasteiger partial charge >= 0.3 is 0 Å². The average Bonchev–Trinajstić information content (AvgIpc) is 2.53. The summed E-state index contributed by atoms with van der Waals surface area (Å²) in [6, 6.07) is -0.164. The van der Waals surface area contributed by atoms with Gasteiger partial charge in [-0.1, -0.05) is 0 Å². The van der Waals surface area contributed by atoms with E-state index in [0.29, 0.717) is 0 Å². The standard InChI is InChI=1S/C8H13N3O/c1-7(8(12)10(2)3)11-5-4-9-6-11/h4-7H,1-3H3. The molecular formula is C8H13N3O. The molecule has 0 saturated carbocycles. The van der Waals surface area contributed by atoms with Crippen molar-refractivity contribution in [1.29, 1.82) is 0 Å². The average molecular weight is 167 g/mol. The summed E-state index contributed by atoms with van der Waals surface area (Å²) in [4.78, 5) is 16.9. The van der Waals surface area contributed by atoms with E-state index in [9.17, 15) is 4.79 Å². The van der Waals surface area contributed by atoms with Crippen molar-refractivity contribution in [1.82, 2.24) is 14.5 Å². The highest BCUT2D eigenvalue weighted by Crippen LogP contribution is 2.06. The minimum absolute atomic E-state index is 0.0769. The lowest BCUT2D eigenvalue weighted by Crippen LogP contribution is -2.29. The Kier molecular flexibility index (Phi) is 2.47. The number of rotatable bonds is 2. The van der Waals surface area contributed by atoms with Crippen molar-refractivity contribution in [2.24, 2.45) is 0 Å². The van der Waals surface area contributed by atoms with Gasteiger partial charge in [0, 0.05) is 26.5 Å². The molecular weight excluding hydrogens is 154 g/mol. The molecule has 1 aromatic heterocycles. The summed E-state index contributed by atoms with van der Waals surface area (Å²) in [5.74, 6) is 0.0769. The van der Waals surface area contributed by atoms with Gasteiger partial charge in [-0.25, -0.2) is 4.98 Å². The molecule has 0 radical (unpaired) electrons. The summed E-state index contributed by atoms with van der Waals surface area (Å²) >= 11 is 0. The maximum Gasteiger partial charge on any atom is 0.244 e. The molecule has 0 aliphatic heterocycles. The lowest BCUT2D eigenvalue weighted by atomic mass is 10.3.